The Bertz CT molecular complexity index is 469. The van der Waals surface area contributed by atoms with Crippen LogP contribution < -0.4 is 10.6 Å². The molecular weight excluding hydrogens is 228 g/mol. The molecule has 1 aromatic carbocycles. The lowest BCUT2D eigenvalue weighted by atomic mass is 10.1. The molecule has 1 aliphatic rings. The maximum atomic E-state index is 11.6. The SMILES string of the molecule is CC(=O)NCCC(=O)Nc1ccc2c(c1)CCC2. The second kappa shape index (κ2) is 5.67. The fourth-order valence-electron chi connectivity index (χ4n) is 2.23. The van der Waals surface area contributed by atoms with Crippen LogP contribution in [0.1, 0.15) is 30.9 Å². The van der Waals surface area contributed by atoms with Gasteiger partial charge in [-0.05, 0) is 42.5 Å². The molecule has 2 N–H and O–H groups in total. The third-order valence-corrected chi connectivity index (χ3v) is 3.11. The first-order valence-electron chi connectivity index (χ1n) is 6.31. The average Bonchev–Trinajstić information content (AvgIpc) is 2.75. The van der Waals surface area contributed by atoms with E-state index in [4.69, 9.17) is 0 Å². The summed E-state index contributed by atoms with van der Waals surface area (Å²) in [7, 11) is 0. The molecule has 0 saturated heterocycles. The van der Waals surface area contributed by atoms with Gasteiger partial charge in [0.2, 0.25) is 11.8 Å². The number of rotatable bonds is 4. The largest absolute Gasteiger partial charge is 0.356 e. The van der Waals surface area contributed by atoms with E-state index < -0.39 is 0 Å². The molecule has 0 atom stereocenters. The van der Waals surface area contributed by atoms with Gasteiger partial charge in [0.1, 0.15) is 0 Å². The molecule has 2 rings (SSSR count). The second-order valence-corrected chi connectivity index (χ2v) is 4.62. The molecule has 0 aromatic heterocycles. The Hall–Kier alpha value is -1.84. The van der Waals surface area contributed by atoms with Gasteiger partial charge in [-0.3, -0.25) is 9.59 Å². The zero-order chi connectivity index (χ0) is 13.0. The van der Waals surface area contributed by atoms with Crippen LogP contribution in [0.5, 0.6) is 0 Å². The molecule has 2 amide bonds. The van der Waals surface area contributed by atoms with Crippen molar-refractivity contribution in [2.45, 2.75) is 32.6 Å². The number of hydrogen-bond acceptors (Lipinski definition) is 2. The summed E-state index contributed by atoms with van der Waals surface area (Å²) in [5.74, 6) is -0.179. The quantitative estimate of drug-likeness (QED) is 0.848. The molecule has 18 heavy (non-hydrogen) atoms. The van der Waals surface area contributed by atoms with Gasteiger partial charge in [0, 0.05) is 25.6 Å². The summed E-state index contributed by atoms with van der Waals surface area (Å²) in [5, 5.41) is 5.46. The third-order valence-electron chi connectivity index (χ3n) is 3.11. The van der Waals surface area contributed by atoms with Crippen LogP contribution in [0.15, 0.2) is 18.2 Å². The maximum absolute atomic E-state index is 11.6. The number of anilines is 1. The number of nitrogens with one attached hydrogen (secondary N) is 2. The van der Waals surface area contributed by atoms with Crippen LogP contribution in [0.25, 0.3) is 0 Å². The molecule has 96 valence electrons. The Kier molecular flexibility index (Phi) is 3.97. The molecule has 0 bridgehead atoms. The molecule has 0 aliphatic heterocycles. The van der Waals surface area contributed by atoms with Gasteiger partial charge in [-0.1, -0.05) is 6.07 Å². The van der Waals surface area contributed by atoms with Crippen LogP contribution in [0, 0.1) is 0 Å². The normalized spacial score (nSPS) is 12.9. The van der Waals surface area contributed by atoms with E-state index in [1.165, 1.54) is 24.5 Å². The van der Waals surface area contributed by atoms with E-state index in [1.54, 1.807) is 0 Å². The molecule has 4 nitrogen and oxygen atoms in total. The van der Waals surface area contributed by atoms with Crippen molar-refractivity contribution in [3.05, 3.63) is 29.3 Å². The number of carbonyl (C=O) groups excluding carboxylic acids is 2. The summed E-state index contributed by atoms with van der Waals surface area (Å²) in [6.07, 6.45) is 3.75. The number of fused-ring (bicyclic) bond motifs is 1. The molecule has 0 spiro atoms. The van der Waals surface area contributed by atoms with Crippen molar-refractivity contribution in [2.24, 2.45) is 0 Å². The second-order valence-electron chi connectivity index (χ2n) is 4.62. The molecule has 0 radical (unpaired) electrons. The van der Waals surface area contributed by atoms with Crippen LogP contribution in [-0.2, 0) is 22.4 Å². The number of amides is 2. The van der Waals surface area contributed by atoms with Crippen molar-refractivity contribution >= 4 is 17.5 Å². The zero-order valence-electron chi connectivity index (χ0n) is 10.6. The Morgan fingerprint density at radius 1 is 1.22 bits per heavy atom. The van der Waals surface area contributed by atoms with Crippen molar-refractivity contribution in [3.8, 4) is 0 Å². The smallest absolute Gasteiger partial charge is 0.226 e. The predicted molar refractivity (Wildman–Crippen MR) is 70.4 cm³/mol. The summed E-state index contributed by atoms with van der Waals surface area (Å²) in [4.78, 5) is 22.3. The van der Waals surface area contributed by atoms with Gasteiger partial charge in [-0.15, -0.1) is 0 Å². The standard InChI is InChI=1S/C14H18N2O2/c1-10(17)15-8-7-14(18)16-13-6-5-11-3-2-4-12(11)9-13/h5-6,9H,2-4,7-8H2,1H3,(H,15,17)(H,16,18). The fourth-order valence-corrected chi connectivity index (χ4v) is 2.23. The van der Waals surface area contributed by atoms with Gasteiger partial charge in [0.05, 0.1) is 0 Å². The van der Waals surface area contributed by atoms with Gasteiger partial charge >= 0.3 is 0 Å². The summed E-state index contributed by atoms with van der Waals surface area (Å²) in [6.45, 7) is 1.82. The Labute approximate surface area is 107 Å². The van der Waals surface area contributed by atoms with Crippen LogP contribution in [-0.4, -0.2) is 18.4 Å². The fraction of sp³-hybridized carbons (Fsp3) is 0.429. The topological polar surface area (TPSA) is 58.2 Å². The van der Waals surface area contributed by atoms with E-state index >= 15 is 0 Å². The van der Waals surface area contributed by atoms with E-state index in [2.05, 4.69) is 22.8 Å². The highest BCUT2D eigenvalue weighted by Crippen LogP contribution is 2.24. The van der Waals surface area contributed by atoms with E-state index in [1.807, 2.05) is 6.07 Å². The summed E-state index contributed by atoms with van der Waals surface area (Å²) in [6, 6.07) is 6.09. The highest BCUT2D eigenvalue weighted by molar-refractivity contribution is 5.91. The van der Waals surface area contributed by atoms with Gasteiger partial charge in [-0.2, -0.15) is 0 Å². The van der Waals surface area contributed by atoms with Gasteiger partial charge in [-0.25, -0.2) is 0 Å². The summed E-state index contributed by atoms with van der Waals surface area (Å²) < 4.78 is 0. The minimum Gasteiger partial charge on any atom is -0.356 e. The van der Waals surface area contributed by atoms with Crippen molar-refractivity contribution in [3.63, 3.8) is 0 Å². The molecule has 4 heteroatoms. The molecule has 0 unspecified atom stereocenters. The van der Waals surface area contributed by atoms with Gasteiger partial charge in [0.15, 0.2) is 0 Å². The van der Waals surface area contributed by atoms with E-state index in [9.17, 15) is 9.59 Å². The lowest BCUT2D eigenvalue weighted by Crippen LogP contribution is -2.25. The van der Waals surface area contributed by atoms with Crippen LogP contribution >= 0.6 is 0 Å². The highest BCUT2D eigenvalue weighted by Gasteiger charge is 2.11. The first kappa shape index (κ1) is 12.6. The number of aryl methyl sites for hydroxylation is 2. The highest BCUT2D eigenvalue weighted by atomic mass is 16.2. The summed E-state index contributed by atoms with van der Waals surface area (Å²) in [5.41, 5.74) is 3.59. The van der Waals surface area contributed by atoms with Crippen LogP contribution in [0.2, 0.25) is 0 Å². The van der Waals surface area contributed by atoms with E-state index in [0.29, 0.717) is 13.0 Å². The van der Waals surface area contributed by atoms with Crippen LogP contribution in [0.4, 0.5) is 5.69 Å². The molecule has 0 heterocycles. The molecule has 1 aromatic rings. The van der Waals surface area contributed by atoms with Crippen molar-refractivity contribution < 1.29 is 9.59 Å². The number of hydrogen-bond donors (Lipinski definition) is 2. The Balaban J connectivity index is 1.85. The minimum absolute atomic E-state index is 0.0679. The molecule has 0 saturated carbocycles. The molecular formula is C14H18N2O2. The lowest BCUT2D eigenvalue weighted by Gasteiger charge is -2.07. The van der Waals surface area contributed by atoms with Crippen molar-refractivity contribution in [2.75, 3.05) is 11.9 Å². The predicted octanol–water partition coefficient (Wildman–Crippen LogP) is 1.64. The van der Waals surface area contributed by atoms with Gasteiger partial charge in [0.25, 0.3) is 0 Å². The summed E-state index contributed by atoms with van der Waals surface area (Å²) >= 11 is 0. The number of benzene rings is 1. The third kappa shape index (κ3) is 3.32. The van der Waals surface area contributed by atoms with Gasteiger partial charge < -0.3 is 10.6 Å². The molecule has 0 fully saturated rings. The maximum Gasteiger partial charge on any atom is 0.226 e. The Morgan fingerprint density at radius 2 is 2.00 bits per heavy atom. The van der Waals surface area contributed by atoms with E-state index in [0.717, 1.165) is 18.5 Å². The molecule has 1 aliphatic carbocycles. The number of carbonyl (C=O) groups is 2. The zero-order valence-corrected chi connectivity index (χ0v) is 10.6. The minimum atomic E-state index is -0.111. The van der Waals surface area contributed by atoms with E-state index in [-0.39, 0.29) is 11.8 Å². The first-order valence-corrected chi connectivity index (χ1v) is 6.31. The Morgan fingerprint density at radius 3 is 2.78 bits per heavy atom. The average molecular weight is 246 g/mol. The van der Waals surface area contributed by atoms with Crippen molar-refractivity contribution in [1.82, 2.24) is 5.32 Å². The monoisotopic (exact) mass is 246 g/mol. The van der Waals surface area contributed by atoms with Crippen molar-refractivity contribution in [1.29, 1.82) is 0 Å². The van der Waals surface area contributed by atoms with Crippen LogP contribution in [0.3, 0.4) is 0 Å². The first-order chi connectivity index (χ1) is 8.65. The lowest BCUT2D eigenvalue weighted by molar-refractivity contribution is -0.119.